The average Bonchev–Trinajstić information content (AvgIpc) is 2.35. The zero-order valence-electron chi connectivity index (χ0n) is 13.1. The fourth-order valence-electron chi connectivity index (χ4n) is 1.85. The molecule has 0 aromatic heterocycles. The van der Waals surface area contributed by atoms with Crippen LogP contribution in [0.15, 0.2) is 23.1 Å². The molecular formula is C15H23N3OS2. The normalized spacial score (nSPS) is 12.6. The molecule has 1 aromatic carbocycles. The van der Waals surface area contributed by atoms with Crippen LogP contribution in [0.4, 0.5) is 5.69 Å². The highest BCUT2D eigenvalue weighted by molar-refractivity contribution is 7.98. The minimum absolute atomic E-state index is 0.0639. The van der Waals surface area contributed by atoms with E-state index in [0.29, 0.717) is 4.99 Å². The standard InChI is InChI=1S/C15H23N3OS2/c1-9(14(19)18-15(2,3)4)17-10-7-6-8-11(21-5)12(10)13(16)20/h6-9,17H,1-5H3,(H2,16,20)(H,18,19). The molecule has 0 aliphatic rings. The van der Waals surface area contributed by atoms with Crippen LogP contribution in [0.3, 0.4) is 0 Å². The van der Waals surface area contributed by atoms with E-state index in [1.54, 1.807) is 11.8 Å². The molecule has 0 bridgehead atoms. The second kappa shape index (κ2) is 7.13. The van der Waals surface area contributed by atoms with Gasteiger partial charge in [0.05, 0.1) is 0 Å². The van der Waals surface area contributed by atoms with Crippen LogP contribution < -0.4 is 16.4 Å². The Hall–Kier alpha value is -1.27. The number of thiocarbonyl (C=S) groups is 1. The van der Waals surface area contributed by atoms with Gasteiger partial charge in [0.25, 0.3) is 0 Å². The fourth-order valence-corrected chi connectivity index (χ4v) is 2.78. The summed E-state index contributed by atoms with van der Waals surface area (Å²) in [6, 6.07) is 5.39. The van der Waals surface area contributed by atoms with Crippen molar-refractivity contribution in [2.45, 2.75) is 44.2 Å². The van der Waals surface area contributed by atoms with Gasteiger partial charge in [-0.05, 0) is 46.1 Å². The predicted octanol–water partition coefficient (Wildman–Crippen LogP) is 2.76. The maximum absolute atomic E-state index is 12.2. The third kappa shape index (κ3) is 5.21. The largest absolute Gasteiger partial charge is 0.389 e. The summed E-state index contributed by atoms with van der Waals surface area (Å²) in [5.74, 6) is -0.0639. The van der Waals surface area contributed by atoms with Crippen LogP contribution >= 0.6 is 24.0 Å². The molecule has 1 amide bonds. The van der Waals surface area contributed by atoms with Gasteiger partial charge in [0, 0.05) is 21.7 Å². The zero-order valence-corrected chi connectivity index (χ0v) is 14.7. The van der Waals surface area contributed by atoms with Gasteiger partial charge in [-0.25, -0.2) is 0 Å². The molecule has 0 radical (unpaired) electrons. The van der Waals surface area contributed by atoms with Crippen LogP contribution in [0.25, 0.3) is 0 Å². The molecule has 4 nitrogen and oxygen atoms in total. The van der Waals surface area contributed by atoms with E-state index in [9.17, 15) is 4.79 Å². The first kappa shape index (κ1) is 17.8. The molecular weight excluding hydrogens is 302 g/mol. The van der Waals surface area contributed by atoms with Gasteiger partial charge in [-0.15, -0.1) is 11.8 Å². The summed E-state index contributed by atoms with van der Waals surface area (Å²) in [7, 11) is 0. The Kier molecular flexibility index (Phi) is 6.04. The van der Waals surface area contributed by atoms with E-state index in [1.165, 1.54) is 0 Å². The van der Waals surface area contributed by atoms with E-state index in [1.807, 2.05) is 52.1 Å². The summed E-state index contributed by atoms with van der Waals surface area (Å²) >= 11 is 6.71. The van der Waals surface area contributed by atoms with Gasteiger partial charge in [-0.1, -0.05) is 18.3 Å². The quantitative estimate of drug-likeness (QED) is 0.574. The molecule has 6 heteroatoms. The second-order valence-corrected chi connectivity index (χ2v) is 7.14. The minimum atomic E-state index is -0.380. The number of rotatable bonds is 5. The number of anilines is 1. The third-order valence-corrected chi connectivity index (χ3v) is 3.74. The van der Waals surface area contributed by atoms with Crippen molar-refractivity contribution < 1.29 is 4.79 Å². The highest BCUT2D eigenvalue weighted by atomic mass is 32.2. The number of amides is 1. The molecule has 0 fully saturated rings. The molecule has 0 spiro atoms. The topological polar surface area (TPSA) is 67.2 Å². The third-order valence-electron chi connectivity index (χ3n) is 2.76. The fraction of sp³-hybridized carbons (Fsp3) is 0.467. The summed E-state index contributed by atoms with van der Waals surface area (Å²) in [6.45, 7) is 7.67. The van der Waals surface area contributed by atoms with Crippen molar-refractivity contribution in [1.29, 1.82) is 0 Å². The van der Waals surface area contributed by atoms with Crippen LogP contribution in [0.1, 0.15) is 33.3 Å². The minimum Gasteiger partial charge on any atom is -0.389 e. The van der Waals surface area contributed by atoms with Gasteiger partial charge < -0.3 is 16.4 Å². The molecule has 1 aromatic rings. The smallest absolute Gasteiger partial charge is 0.242 e. The molecule has 0 aliphatic carbocycles. The number of benzene rings is 1. The second-order valence-electron chi connectivity index (χ2n) is 5.85. The molecule has 21 heavy (non-hydrogen) atoms. The average molecular weight is 326 g/mol. The molecule has 4 N–H and O–H groups in total. The number of nitrogens with one attached hydrogen (secondary N) is 2. The lowest BCUT2D eigenvalue weighted by molar-refractivity contribution is -0.122. The lowest BCUT2D eigenvalue weighted by atomic mass is 10.1. The molecule has 0 saturated carbocycles. The summed E-state index contributed by atoms with van der Waals surface area (Å²) in [6.07, 6.45) is 1.97. The van der Waals surface area contributed by atoms with Gasteiger partial charge >= 0.3 is 0 Å². The highest BCUT2D eigenvalue weighted by Crippen LogP contribution is 2.27. The monoisotopic (exact) mass is 325 g/mol. The molecule has 1 atom stereocenters. The van der Waals surface area contributed by atoms with Gasteiger partial charge in [0.15, 0.2) is 0 Å². The Morgan fingerprint density at radius 1 is 1.38 bits per heavy atom. The molecule has 0 saturated heterocycles. The summed E-state index contributed by atoms with van der Waals surface area (Å²) in [4.78, 5) is 13.5. The Bertz CT molecular complexity index is 538. The van der Waals surface area contributed by atoms with Gasteiger partial charge in [0.1, 0.15) is 11.0 Å². The van der Waals surface area contributed by atoms with Crippen molar-refractivity contribution in [3.63, 3.8) is 0 Å². The number of thioether (sulfide) groups is 1. The summed E-state index contributed by atoms with van der Waals surface area (Å²) < 4.78 is 0. The molecule has 1 rings (SSSR count). The molecule has 0 aliphatic heterocycles. The van der Waals surface area contributed by atoms with Crippen LogP contribution in [0.2, 0.25) is 0 Å². The van der Waals surface area contributed by atoms with Crippen molar-refractivity contribution in [1.82, 2.24) is 5.32 Å². The maximum atomic E-state index is 12.2. The summed E-state index contributed by atoms with van der Waals surface area (Å²) in [5, 5.41) is 6.14. The zero-order chi connectivity index (χ0) is 16.2. The predicted molar refractivity (Wildman–Crippen MR) is 95.1 cm³/mol. The van der Waals surface area contributed by atoms with E-state index in [-0.39, 0.29) is 17.5 Å². The van der Waals surface area contributed by atoms with Crippen molar-refractivity contribution in [3.8, 4) is 0 Å². The number of hydrogen-bond donors (Lipinski definition) is 3. The number of nitrogens with two attached hydrogens (primary N) is 1. The van der Waals surface area contributed by atoms with Gasteiger partial charge in [0.2, 0.25) is 5.91 Å². The Morgan fingerprint density at radius 2 is 2.00 bits per heavy atom. The van der Waals surface area contributed by atoms with E-state index < -0.39 is 0 Å². The van der Waals surface area contributed by atoms with Crippen LogP contribution in [-0.4, -0.2) is 28.7 Å². The Balaban J connectivity index is 2.97. The molecule has 1 unspecified atom stereocenters. The first-order valence-corrected chi connectivity index (χ1v) is 8.34. The maximum Gasteiger partial charge on any atom is 0.242 e. The highest BCUT2D eigenvalue weighted by Gasteiger charge is 2.20. The number of hydrogen-bond acceptors (Lipinski definition) is 4. The number of carbonyl (C=O) groups is 1. The van der Waals surface area contributed by atoms with Crippen LogP contribution in [-0.2, 0) is 4.79 Å². The molecule has 0 heterocycles. The van der Waals surface area contributed by atoms with Crippen molar-refractivity contribution >= 4 is 40.6 Å². The lowest BCUT2D eigenvalue weighted by Gasteiger charge is -2.25. The summed E-state index contributed by atoms with van der Waals surface area (Å²) in [5.41, 5.74) is 7.13. The molecule has 116 valence electrons. The van der Waals surface area contributed by atoms with Crippen LogP contribution in [0, 0.1) is 0 Å². The first-order valence-electron chi connectivity index (χ1n) is 6.71. The van der Waals surface area contributed by atoms with Crippen molar-refractivity contribution in [2.75, 3.05) is 11.6 Å². The Labute approximate surface area is 136 Å². The first-order chi connectivity index (χ1) is 9.65. The van der Waals surface area contributed by atoms with Crippen molar-refractivity contribution in [2.24, 2.45) is 5.73 Å². The SMILES string of the molecule is CSc1cccc(NC(C)C(=O)NC(C)(C)C)c1C(N)=S. The van der Waals surface area contributed by atoms with Gasteiger partial charge in [-0.3, -0.25) is 4.79 Å². The van der Waals surface area contributed by atoms with Crippen LogP contribution in [0.5, 0.6) is 0 Å². The van der Waals surface area contributed by atoms with E-state index in [0.717, 1.165) is 16.1 Å². The van der Waals surface area contributed by atoms with Crippen molar-refractivity contribution in [3.05, 3.63) is 23.8 Å². The van der Waals surface area contributed by atoms with E-state index in [4.69, 9.17) is 18.0 Å². The van der Waals surface area contributed by atoms with E-state index >= 15 is 0 Å². The van der Waals surface area contributed by atoms with E-state index in [2.05, 4.69) is 10.6 Å². The Morgan fingerprint density at radius 3 is 2.48 bits per heavy atom. The van der Waals surface area contributed by atoms with Gasteiger partial charge in [-0.2, -0.15) is 0 Å². The lowest BCUT2D eigenvalue weighted by Crippen LogP contribution is -2.47. The number of carbonyl (C=O) groups excluding carboxylic acids is 1.